The van der Waals surface area contributed by atoms with Gasteiger partial charge < -0.3 is 10.1 Å². The molecule has 0 atom stereocenters. The fourth-order valence-corrected chi connectivity index (χ4v) is 3.13. The highest BCUT2D eigenvalue weighted by atomic mass is 35.5. The average Bonchev–Trinajstić information content (AvgIpc) is 2.62. The summed E-state index contributed by atoms with van der Waals surface area (Å²) in [5, 5.41) is 2.96. The number of nitrogens with zero attached hydrogens (tertiary/aromatic N) is 1. The van der Waals surface area contributed by atoms with Gasteiger partial charge in [-0.05, 0) is 40.8 Å². The SMILES string of the molecule is CC(C)(C)c1ccc2c(c1)N(CC(=O)NCc1ccc(F)cc1Cl)C(=O)CO2. The van der Waals surface area contributed by atoms with E-state index in [0.717, 1.165) is 5.56 Å². The highest BCUT2D eigenvalue weighted by Gasteiger charge is 2.29. The van der Waals surface area contributed by atoms with E-state index in [-0.39, 0.29) is 41.9 Å². The summed E-state index contributed by atoms with van der Waals surface area (Å²) in [6, 6.07) is 9.66. The summed E-state index contributed by atoms with van der Waals surface area (Å²) in [4.78, 5) is 26.2. The van der Waals surface area contributed by atoms with Gasteiger partial charge in [-0.25, -0.2) is 4.39 Å². The summed E-state index contributed by atoms with van der Waals surface area (Å²) in [5.41, 5.74) is 2.11. The zero-order chi connectivity index (χ0) is 20.5. The zero-order valence-electron chi connectivity index (χ0n) is 16.0. The van der Waals surface area contributed by atoms with Gasteiger partial charge in [0.2, 0.25) is 5.91 Å². The third kappa shape index (κ3) is 4.44. The summed E-state index contributed by atoms with van der Waals surface area (Å²) >= 11 is 5.98. The number of amides is 2. The summed E-state index contributed by atoms with van der Waals surface area (Å²) in [5.74, 6) is -0.497. The van der Waals surface area contributed by atoms with Crippen molar-refractivity contribution in [1.82, 2.24) is 5.32 Å². The number of anilines is 1. The van der Waals surface area contributed by atoms with Gasteiger partial charge in [0, 0.05) is 11.6 Å². The number of benzene rings is 2. The second kappa shape index (κ2) is 7.80. The molecule has 1 aliphatic heterocycles. The van der Waals surface area contributed by atoms with Crippen molar-refractivity contribution in [1.29, 1.82) is 0 Å². The number of nitrogens with one attached hydrogen (secondary N) is 1. The van der Waals surface area contributed by atoms with Crippen LogP contribution in [-0.2, 0) is 21.5 Å². The van der Waals surface area contributed by atoms with Crippen LogP contribution >= 0.6 is 11.6 Å². The first-order valence-corrected chi connectivity index (χ1v) is 9.31. The minimum absolute atomic E-state index is 0.108. The Morgan fingerprint density at radius 1 is 1.25 bits per heavy atom. The number of hydrogen-bond donors (Lipinski definition) is 1. The molecule has 0 saturated heterocycles. The van der Waals surface area contributed by atoms with Gasteiger partial charge in [0.05, 0.1) is 5.69 Å². The molecule has 2 aromatic carbocycles. The Morgan fingerprint density at radius 3 is 2.68 bits per heavy atom. The Bertz CT molecular complexity index is 924. The van der Waals surface area contributed by atoms with E-state index in [2.05, 4.69) is 26.1 Å². The molecule has 0 fully saturated rings. The lowest BCUT2D eigenvalue weighted by Gasteiger charge is -2.31. The molecule has 0 aromatic heterocycles. The molecule has 1 N–H and O–H groups in total. The predicted octanol–water partition coefficient (Wildman–Crippen LogP) is 3.82. The van der Waals surface area contributed by atoms with Crippen molar-refractivity contribution in [3.63, 3.8) is 0 Å². The first-order chi connectivity index (χ1) is 13.1. The molecule has 0 bridgehead atoms. The van der Waals surface area contributed by atoms with Crippen LogP contribution < -0.4 is 15.0 Å². The standard InChI is InChI=1S/C21H22ClFN2O3/c1-21(2,3)14-5-7-18-17(8-14)25(20(27)12-28-18)11-19(26)24-10-13-4-6-15(23)9-16(13)22/h4-9H,10-12H2,1-3H3,(H,24,26). The molecule has 0 unspecified atom stereocenters. The van der Waals surface area contributed by atoms with Crippen LogP contribution in [0.3, 0.4) is 0 Å². The second-order valence-electron chi connectivity index (χ2n) is 7.71. The quantitative estimate of drug-likeness (QED) is 0.842. The molecule has 28 heavy (non-hydrogen) atoms. The van der Waals surface area contributed by atoms with Gasteiger partial charge in [0.15, 0.2) is 6.61 Å². The molecule has 0 spiro atoms. The molecule has 0 radical (unpaired) electrons. The molecule has 5 nitrogen and oxygen atoms in total. The van der Waals surface area contributed by atoms with Crippen molar-refractivity contribution in [3.05, 3.63) is 58.4 Å². The van der Waals surface area contributed by atoms with Crippen LogP contribution in [0, 0.1) is 5.82 Å². The van der Waals surface area contributed by atoms with Gasteiger partial charge in [0.1, 0.15) is 18.1 Å². The summed E-state index contributed by atoms with van der Waals surface area (Å²) in [6.07, 6.45) is 0. The van der Waals surface area contributed by atoms with Crippen LogP contribution in [0.1, 0.15) is 31.9 Å². The first kappa shape index (κ1) is 20.1. The van der Waals surface area contributed by atoms with Crippen molar-refractivity contribution in [2.75, 3.05) is 18.1 Å². The van der Waals surface area contributed by atoms with Crippen molar-refractivity contribution in [2.24, 2.45) is 0 Å². The van der Waals surface area contributed by atoms with Gasteiger partial charge in [-0.15, -0.1) is 0 Å². The average molecular weight is 405 g/mol. The number of halogens is 2. The minimum Gasteiger partial charge on any atom is -0.482 e. The molecular weight excluding hydrogens is 383 g/mol. The van der Waals surface area contributed by atoms with Gasteiger partial charge in [-0.2, -0.15) is 0 Å². The van der Waals surface area contributed by atoms with Crippen LogP contribution in [0.5, 0.6) is 5.75 Å². The molecule has 2 aromatic rings. The maximum absolute atomic E-state index is 13.1. The van der Waals surface area contributed by atoms with E-state index in [1.54, 1.807) is 0 Å². The van der Waals surface area contributed by atoms with Crippen molar-refractivity contribution >= 4 is 29.1 Å². The molecule has 148 valence electrons. The number of rotatable bonds is 4. The number of carbonyl (C=O) groups is 2. The molecule has 0 saturated carbocycles. The molecule has 2 amide bonds. The predicted molar refractivity (Wildman–Crippen MR) is 106 cm³/mol. The Hall–Kier alpha value is -2.60. The number of fused-ring (bicyclic) bond motifs is 1. The lowest BCUT2D eigenvalue weighted by molar-refractivity contribution is -0.125. The maximum atomic E-state index is 13.1. The molecular formula is C21H22ClFN2O3. The maximum Gasteiger partial charge on any atom is 0.265 e. The second-order valence-corrected chi connectivity index (χ2v) is 8.12. The Morgan fingerprint density at radius 2 is 2.00 bits per heavy atom. The van der Waals surface area contributed by atoms with E-state index in [1.807, 2.05) is 18.2 Å². The largest absolute Gasteiger partial charge is 0.482 e. The van der Waals surface area contributed by atoms with Gasteiger partial charge in [0.25, 0.3) is 5.91 Å². The normalized spacial score (nSPS) is 13.8. The van der Waals surface area contributed by atoms with Gasteiger partial charge in [-0.3, -0.25) is 14.5 Å². The highest BCUT2D eigenvalue weighted by Crippen LogP contribution is 2.36. The highest BCUT2D eigenvalue weighted by molar-refractivity contribution is 6.31. The summed E-state index contributed by atoms with van der Waals surface area (Å²) < 4.78 is 18.6. The monoisotopic (exact) mass is 404 g/mol. The van der Waals surface area contributed by atoms with E-state index in [4.69, 9.17) is 16.3 Å². The molecule has 1 heterocycles. The van der Waals surface area contributed by atoms with Crippen LogP contribution in [-0.4, -0.2) is 25.0 Å². The van der Waals surface area contributed by atoms with Crippen molar-refractivity contribution in [2.45, 2.75) is 32.7 Å². The third-order valence-corrected chi connectivity index (χ3v) is 4.91. The fraction of sp³-hybridized carbons (Fsp3) is 0.333. The Kier molecular flexibility index (Phi) is 5.61. The smallest absolute Gasteiger partial charge is 0.265 e. The van der Waals surface area contributed by atoms with Crippen LogP contribution in [0.25, 0.3) is 0 Å². The van der Waals surface area contributed by atoms with E-state index >= 15 is 0 Å². The van der Waals surface area contributed by atoms with Crippen LogP contribution in [0.2, 0.25) is 5.02 Å². The fourth-order valence-electron chi connectivity index (χ4n) is 2.90. The molecule has 1 aliphatic rings. The van der Waals surface area contributed by atoms with Gasteiger partial charge >= 0.3 is 0 Å². The molecule has 0 aliphatic carbocycles. The van der Waals surface area contributed by atoms with E-state index in [1.165, 1.54) is 23.1 Å². The lowest BCUT2D eigenvalue weighted by Crippen LogP contribution is -2.45. The number of ether oxygens (including phenoxy) is 1. The summed E-state index contributed by atoms with van der Waals surface area (Å²) in [7, 11) is 0. The molecule has 7 heteroatoms. The Balaban J connectivity index is 1.74. The number of hydrogen-bond acceptors (Lipinski definition) is 3. The van der Waals surface area contributed by atoms with Crippen molar-refractivity contribution < 1.29 is 18.7 Å². The third-order valence-electron chi connectivity index (χ3n) is 4.56. The van der Waals surface area contributed by atoms with Crippen LogP contribution in [0.4, 0.5) is 10.1 Å². The summed E-state index contributed by atoms with van der Waals surface area (Å²) in [6.45, 7) is 6.11. The van der Waals surface area contributed by atoms with E-state index < -0.39 is 5.82 Å². The van der Waals surface area contributed by atoms with Crippen molar-refractivity contribution in [3.8, 4) is 5.75 Å². The van der Waals surface area contributed by atoms with E-state index in [0.29, 0.717) is 17.0 Å². The molecule has 3 rings (SSSR count). The lowest BCUT2D eigenvalue weighted by atomic mass is 9.86. The van der Waals surface area contributed by atoms with Gasteiger partial charge in [-0.1, -0.05) is 44.5 Å². The Labute approximate surface area is 168 Å². The van der Waals surface area contributed by atoms with E-state index in [9.17, 15) is 14.0 Å². The first-order valence-electron chi connectivity index (χ1n) is 8.93. The van der Waals surface area contributed by atoms with Crippen LogP contribution in [0.15, 0.2) is 36.4 Å². The minimum atomic E-state index is -0.440. The zero-order valence-corrected chi connectivity index (χ0v) is 16.8. The number of carbonyl (C=O) groups excluding carboxylic acids is 2. The topological polar surface area (TPSA) is 58.6 Å².